The summed E-state index contributed by atoms with van der Waals surface area (Å²) >= 11 is 1.15. The van der Waals surface area contributed by atoms with Crippen molar-refractivity contribution in [3.05, 3.63) is 59.9 Å². The smallest absolute Gasteiger partial charge is 0.387 e. The number of hydrogen-bond acceptors (Lipinski definition) is 5. The van der Waals surface area contributed by atoms with Crippen LogP contribution in [0.15, 0.2) is 53.7 Å². The summed E-state index contributed by atoms with van der Waals surface area (Å²) in [5.41, 5.74) is 0.681. The normalized spacial score (nSPS) is 11.0. The van der Waals surface area contributed by atoms with Gasteiger partial charge in [-0.1, -0.05) is 23.9 Å². The fraction of sp³-hybridized carbons (Fsp3) is 0.167. The van der Waals surface area contributed by atoms with Gasteiger partial charge >= 0.3 is 6.61 Å². The Hall–Kier alpha value is -2.81. The standard InChI is InChI=1S/C18H14F3N3O2S/c1-24-16(13-4-2-3-5-14(13)19)22-23-18(24)27-10-15(25)11-6-8-12(9-7-11)26-17(20)21/h2-9,17H,10H2,1H3. The van der Waals surface area contributed by atoms with Crippen LogP contribution in [0, 0.1) is 5.82 Å². The number of ether oxygens (including phenoxy) is 1. The van der Waals surface area contributed by atoms with Gasteiger partial charge in [0.1, 0.15) is 11.6 Å². The van der Waals surface area contributed by atoms with Gasteiger partial charge in [-0.05, 0) is 36.4 Å². The van der Waals surface area contributed by atoms with Crippen molar-refractivity contribution in [3.63, 3.8) is 0 Å². The Morgan fingerprint density at radius 1 is 1.15 bits per heavy atom. The summed E-state index contributed by atoms with van der Waals surface area (Å²) in [5.74, 6) is -0.211. The molecule has 0 bridgehead atoms. The highest BCUT2D eigenvalue weighted by Gasteiger charge is 2.16. The van der Waals surface area contributed by atoms with Crippen LogP contribution in [-0.4, -0.2) is 32.9 Å². The lowest BCUT2D eigenvalue weighted by molar-refractivity contribution is -0.0498. The predicted octanol–water partition coefficient (Wildman–Crippen LogP) is 4.20. The molecule has 0 amide bonds. The van der Waals surface area contributed by atoms with E-state index in [9.17, 15) is 18.0 Å². The van der Waals surface area contributed by atoms with Crippen LogP contribution in [-0.2, 0) is 7.05 Å². The lowest BCUT2D eigenvalue weighted by Gasteiger charge is -2.06. The number of ketones is 1. The SMILES string of the molecule is Cn1c(SCC(=O)c2ccc(OC(F)F)cc2)nnc1-c1ccccc1F. The molecule has 0 aliphatic rings. The molecule has 3 rings (SSSR count). The molecule has 0 aliphatic carbocycles. The van der Waals surface area contributed by atoms with E-state index >= 15 is 0 Å². The van der Waals surface area contributed by atoms with Gasteiger partial charge in [-0.15, -0.1) is 10.2 Å². The van der Waals surface area contributed by atoms with Crippen LogP contribution in [0.25, 0.3) is 11.4 Å². The first-order chi connectivity index (χ1) is 13.0. The van der Waals surface area contributed by atoms with E-state index in [-0.39, 0.29) is 17.3 Å². The van der Waals surface area contributed by atoms with Crippen molar-refractivity contribution in [2.75, 3.05) is 5.75 Å². The average molecular weight is 393 g/mol. The van der Waals surface area contributed by atoms with Crippen molar-refractivity contribution in [2.45, 2.75) is 11.8 Å². The Kier molecular flexibility index (Phi) is 5.80. The van der Waals surface area contributed by atoms with E-state index in [1.54, 1.807) is 29.8 Å². The van der Waals surface area contributed by atoms with E-state index < -0.39 is 12.4 Å². The van der Waals surface area contributed by atoms with Crippen molar-refractivity contribution in [2.24, 2.45) is 7.05 Å². The highest BCUT2D eigenvalue weighted by molar-refractivity contribution is 7.99. The quantitative estimate of drug-likeness (QED) is 0.445. The monoisotopic (exact) mass is 393 g/mol. The molecule has 0 saturated carbocycles. The second kappa shape index (κ2) is 8.26. The molecule has 0 radical (unpaired) electrons. The Morgan fingerprint density at radius 3 is 2.52 bits per heavy atom. The van der Waals surface area contributed by atoms with E-state index in [1.807, 2.05) is 0 Å². The third kappa shape index (κ3) is 4.48. The van der Waals surface area contributed by atoms with Gasteiger partial charge in [0.15, 0.2) is 16.8 Å². The van der Waals surface area contributed by atoms with Crippen LogP contribution >= 0.6 is 11.8 Å². The van der Waals surface area contributed by atoms with Crippen LogP contribution in [0.4, 0.5) is 13.2 Å². The number of benzene rings is 2. The third-order valence-electron chi connectivity index (χ3n) is 3.68. The molecule has 0 spiro atoms. The first kappa shape index (κ1) is 19.0. The van der Waals surface area contributed by atoms with Gasteiger partial charge in [0, 0.05) is 12.6 Å². The van der Waals surface area contributed by atoms with Crippen LogP contribution in [0.2, 0.25) is 0 Å². The zero-order valence-electron chi connectivity index (χ0n) is 14.1. The molecule has 0 saturated heterocycles. The molecular formula is C18H14F3N3O2S. The average Bonchev–Trinajstić information content (AvgIpc) is 3.01. The fourth-order valence-corrected chi connectivity index (χ4v) is 3.16. The lowest BCUT2D eigenvalue weighted by Crippen LogP contribution is -2.05. The van der Waals surface area contributed by atoms with E-state index in [0.29, 0.717) is 22.1 Å². The first-order valence-corrected chi connectivity index (χ1v) is 8.79. The number of carbonyl (C=O) groups is 1. The summed E-state index contributed by atoms with van der Waals surface area (Å²) in [6.45, 7) is -2.92. The van der Waals surface area contributed by atoms with E-state index in [2.05, 4.69) is 14.9 Å². The number of hydrogen-bond donors (Lipinski definition) is 0. The number of carbonyl (C=O) groups excluding carboxylic acids is 1. The summed E-state index contributed by atoms with van der Waals surface area (Å²) in [5, 5.41) is 8.45. The van der Waals surface area contributed by atoms with Crippen molar-refractivity contribution < 1.29 is 22.7 Å². The Balaban J connectivity index is 1.67. The van der Waals surface area contributed by atoms with Crippen molar-refractivity contribution in [1.29, 1.82) is 0 Å². The Labute approximate surface area is 157 Å². The molecule has 3 aromatic rings. The number of thioether (sulfide) groups is 1. The molecule has 2 aromatic carbocycles. The third-order valence-corrected chi connectivity index (χ3v) is 4.70. The highest BCUT2D eigenvalue weighted by atomic mass is 32.2. The zero-order valence-corrected chi connectivity index (χ0v) is 14.9. The maximum Gasteiger partial charge on any atom is 0.387 e. The Morgan fingerprint density at radius 2 is 1.85 bits per heavy atom. The van der Waals surface area contributed by atoms with Crippen molar-refractivity contribution in [1.82, 2.24) is 14.8 Å². The highest BCUT2D eigenvalue weighted by Crippen LogP contribution is 2.25. The first-order valence-electron chi connectivity index (χ1n) is 7.81. The molecule has 0 aliphatic heterocycles. The number of alkyl halides is 2. The molecule has 1 aromatic heterocycles. The van der Waals surface area contributed by atoms with Gasteiger partial charge in [-0.25, -0.2) is 4.39 Å². The van der Waals surface area contributed by atoms with Gasteiger partial charge < -0.3 is 9.30 Å². The second-order valence-electron chi connectivity index (χ2n) is 5.46. The summed E-state index contributed by atoms with van der Waals surface area (Å²) < 4.78 is 44.1. The summed E-state index contributed by atoms with van der Waals surface area (Å²) in [6, 6.07) is 11.7. The van der Waals surface area contributed by atoms with Gasteiger partial charge in [-0.2, -0.15) is 8.78 Å². The van der Waals surface area contributed by atoms with Gasteiger partial charge in [0.2, 0.25) is 0 Å². The maximum absolute atomic E-state index is 13.9. The predicted molar refractivity (Wildman–Crippen MR) is 94.5 cm³/mol. The molecule has 0 N–H and O–H groups in total. The number of nitrogens with zero attached hydrogens (tertiary/aromatic N) is 3. The topological polar surface area (TPSA) is 57.0 Å². The Bertz CT molecular complexity index is 945. The number of halogens is 3. The van der Waals surface area contributed by atoms with Crippen molar-refractivity contribution in [3.8, 4) is 17.1 Å². The maximum atomic E-state index is 13.9. The minimum Gasteiger partial charge on any atom is -0.435 e. The zero-order chi connectivity index (χ0) is 19.4. The minimum absolute atomic E-state index is 0.0166. The lowest BCUT2D eigenvalue weighted by atomic mass is 10.1. The van der Waals surface area contributed by atoms with Crippen molar-refractivity contribution >= 4 is 17.5 Å². The van der Waals surface area contributed by atoms with Gasteiger partial charge in [0.05, 0.1) is 11.3 Å². The molecule has 0 fully saturated rings. The number of aromatic nitrogens is 3. The number of Topliss-reactive ketones (excluding diaryl/α,β-unsaturated/α-hetero) is 1. The molecule has 27 heavy (non-hydrogen) atoms. The fourth-order valence-electron chi connectivity index (χ4n) is 2.35. The van der Waals surface area contributed by atoms with E-state index in [0.717, 1.165) is 11.8 Å². The number of rotatable bonds is 7. The molecule has 9 heteroatoms. The van der Waals surface area contributed by atoms with Crippen LogP contribution in [0.1, 0.15) is 10.4 Å². The second-order valence-corrected chi connectivity index (χ2v) is 6.40. The summed E-state index contributed by atoms with van der Waals surface area (Å²) in [4.78, 5) is 12.3. The molecule has 0 unspecified atom stereocenters. The van der Waals surface area contributed by atoms with Crippen LogP contribution in [0.3, 0.4) is 0 Å². The van der Waals surface area contributed by atoms with Crippen LogP contribution < -0.4 is 4.74 Å². The largest absolute Gasteiger partial charge is 0.435 e. The summed E-state index contributed by atoms with van der Waals surface area (Å²) in [6.07, 6.45) is 0. The molecule has 1 heterocycles. The summed E-state index contributed by atoms with van der Waals surface area (Å²) in [7, 11) is 1.69. The molecule has 140 valence electrons. The van der Waals surface area contributed by atoms with E-state index in [1.165, 1.54) is 30.3 Å². The molecule has 0 atom stereocenters. The van der Waals surface area contributed by atoms with Gasteiger partial charge in [0.25, 0.3) is 0 Å². The minimum atomic E-state index is -2.92. The molecule has 5 nitrogen and oxygen atoms in total. The van der Waals surface area contributed by atoms with E-state index in [4.69, 9.17) is 0 Å². The van der Waals surface area contributed by atoms with Crippen LogP contribution in [0.5, 0.6) is 5.75 Å². The van der Waals surface area contributed by atoms with Gasteiger partial charge in [-0.3, -0.25) is 4.79 Å². The molecular weight excluding hydrogens is 379 g/mol.